The van der Waals surface area contributed by atoms with Crippen LogP contribution in [-0.2, 0) is 9.53 Å². The summed E-state index contributed by atoms with van der Waals surface area (Å²) in [6.07, 6.45) is 4.72. The Morgan fingerprint density at radius 1 is 0.884 bits per heavy atom. The van der Waals surface area contributed by atoms with E-state index >= 15 is 0 Å². The molecule has 2 aromatic heterocycles. The lowest BCUT2D eigenvalue weighted by Gasteiger charge is -2.30. The second-order valence-corrected chi connectivity index (χ2v) is 11.8. The highest BCUT2D eigenvalue weighted by molar-refractivity contribution is 5.86. The Morgan fingerprint density at radius 3 is 2.00 bits per heavy atom. The predicted molar refractivity (Wildman–Crippen MR) is 167 cm³/mol. The third kappa shape index (κ3) is 6.49. The van der Waals surface area contributed by atoms with E-state index < -0.39 is 12.1 Å². The van der Waals surface area contributed by atoms with E-state index in [1.807, 2.05) is 31.1 Å². The first-order valence-corrected chi connectivity index (χ1v) is 14.9. The highest BCUT2D eigenvalue weighted by Gasteiger charge is 2.37. The lowest BCUT2D eigenvalue weighted by molar-refractivity contribution is -0.135. The van der Waals surface area contributed by atoms with Crippen LogP contribution in [0.4, 0.5) is 4.79 Å². The Labute approximate surface area is 252 Å². The molecule has 3 heterocycles. The summed E-state index contributed by atoms with van der Waals surface area (Å²) in [7, 11) is 1.30. The number of nitrogens with one attached hydrogen (secondary N) is 3. The number of rotatable bonds is 9. The number of nitrogens with two attached hydrogens (primary N) is 1. The molecule has 0 aliphatic carbocycles. The van der Waals surface area contributed by atoms with Crippen LogP contribution in [0.3, 0.4) is 0 Å². The Balaban J connectivity index is 1.27. The van der Waals surface area contributed by atoms with E-state index in [2.05, 4.69) is 87.6 Å². The number of carbonyl (C=O) groups is 2. The van der Waals surface area contributed by atoms with Crippen LogP contribution in [0.15, 0.2) is 60.9 Å². The van der Waals surface area contributed by atoms with E-state index in [-0.39, 0.29) is 23.9 Å². The second kappa shape index (κ2) is 12.8. The molecule has 1 aliphatic heterocycles. The van der Waals surface area contributed by atoms with Crippen molar-refractivity contribution >= 4 is 12.0 Å². The van der Waals surface area contributed by atoms with Crippen molar-refractivity contribution in [1.29, 1.82) is 0 Å². The number of aromatic nitrogens is 4. The summed E-state index contributed by atoms with van der Waals surface area (Å²) in [5.74, 6) is 1.65. The molecule has 0 radical (unpaired) electrons. The van der Waals surface area contributed by atoms with Gasteiger partial charge in [-0.3, -0.25) is 4.79 Å². The normalized spacial score (nSPS) is 16.5. The molecule has 5 N–H and O–H groups in total. The summed E-state index contributed by atoms with van der Waals surface area (Å²) >= 11 is 0. The van der Waals surface area contributed by atoms with Crippen molar-refractivity contribution in [2.45, 2.75) is 58.7 Å². The zero-order valence-corrected chi connectivity index (χ0v) is 25.4. The monoisotopic (exact) mass is 583 g/mol. The maximum atomic E-state index is 13.4. The lowest BCUT2D eigenvalue weighted by atomic mass is 10.0. The topological polar surface area (TPSA) is 142 Å². The number of hydrogen-bond acceptors (Lipinski definition) is 6. The Kier molecular flexibility index (Phi) is 8.96. The van der Waals surface area contributed by atoms with Gasteiger partial charge in [-0.05, 0) is 46.9 Å². The number of hydrogen-bond donors (Lipinski definition) is 4. The molecule has 43 heavy (non-hydrogen) atoms. The second-order valence-electron chi connectivity index (χ2n) is 11.8. The standard InChI is InChI=1S/C33H41N7O3/c1-19(2)28(34)31-36-18-26(38-31)24-14-10-22(11-15-24)21-8-12-23(13-9-21)25-17-35-30(37-25)27-7-6-16-40(27)32(41)29(20(3)4)39-33(42)43-5/h8-15,17-20,27-29H,6-7,16,34H2,1-5H3,(H,35,37)(H,36,38)(H,39,42)/t27?,28?,29-/m0/s1. The maximum Gasteiger partial charge on any atom is 0.407 e. The van der Waals surface area contributed by atoms with Gasteiger partial charge in [0.25, 0.3) is 0 Å². The molecule has 5 rings (SSSR count). The third-order valence-corrected chi connectivity index (χ3v) is 8.19. The average molecular weight is 584 g/mol. The molecule has 0 saturated carbocycles. The summed E-state index contributed by atoms with van der Waals surface area (Å²) in [5.41, 5.74) is 12.4. The van der Waals surface area contributed by atoms with Gasteiger partial charge in [0.05, 0.1) is 43.0 Å². The minimum absolute atomic E-state index is 0.0818. The molecule has 1 fully saturated rings. The van der Waals surface area contributed by atoms with Gasteiger partial charge in [0.2, 0.25) is 5.91 Å². The zero-order chi connectivity index (χ0) is 30.7. The van der Waals surface area contributed by atoms with Crippen LogP contribution in [0.25, 0.3) is 33.6 Å². The first kappa shape index (κ1) is 30.0. The van der Waals surface area contributed by atoms with E-state index in [1.165, 1.54) is 7.11 Å². The average Bonchev–Trinajstić information content (AvgIpc) is 3.80. The molecule has 0 bridgehead atoms. The summed E-state index contributed by atoms with van der Waals surface area (Å²) in [4.78, 5) is 43.0. The first-order valence-electron chi connectivity index (χ1n) is 14.9. The number of ether oxygens (including phenoxy) is 1. The molecule has 2 aromatic carbocycles. The highest BCUT2D eigenvalue weighted by Crippen LogP contribution is 2.33. The van der Waals surface area contributed by atoms with E-state index in [9.17, 15) is 9.59 Å². The molecular formula is C33H41N7O3. The molecule has 10 nitrogen and oxygen atoms in total. The predicted octanol–water partition coefficient (Wildman–Crippen LogP) is 5.83. The number of H-pyrrole nitrogens is 2. The Hall–Kier alpha value is -4.44. The molecule has 4 aromatic rings. The molecule has 1 aliphatic rings. The molecule has 0 spiro atoms. The van der Waals surface area contributed by atoms with E-state index in [0.29, 0.717) is 12.5 Å². The third-order valence-electron chi connectivity index (χ3n) is 8.19. The summed E-state index contributed by atoms with van der Waals surface area (Å²) in [6, 6.07) is 15.8. The highest BCUT2D eigenvalue weighted by atomic mass is 16.5. The van der Waals surface area contributed by atoms with Gasteiger partial charge >= 0.3 is 6.09 Å². The fraction of sp³-hybridized carbons (Fsp3) is 0.394. The van der Waals surface area contributed by atoms with Gasteiger partial charge in [0, 0.05) is 6.54 Å². The summed E-state index contributed by atoms with van der Waals surface area (Å²) in [5, 5.41) is 2.69. The number of aromatic amines is 2. The molecule has 2 amide bonds. The zero-order valence-electron chi connectivity index (χ0n) is 25.4. The van der Waals surface area contributed by atoms with Crippen molar-refractivity contribution in [3.63, 3.8) is 0 Å². The van der Waals surface area contributed by atoms with Gasteiger partial charge < -0.3 is 30.7 Å². The smallest absolute Gasteiger partial charge is 0.407 e. The number of methoxy groups -OCH3 is 1. The van der Waals surface area contributed by atoms with Gasteiger partial charge in [0.1, 0.15) is 17.7 Å². The largest absolute Gasteiger partial charge is 0.453 e. The molecule has 226 valence electrons. The number of likely N-dealkylation sites (tertiary alicyclic amines) is 1. The van der Waals surface area contributed by atoms with Crippen molar-refractivity contribution < 1.29 is 14.3 Å². The van der Waals surface area contributed by atoms with Gasteiger partial charge in [-0.25, -0.2) is 14.8 Å². The van der Waals surface area contributed by atoms with Crippen LogP contribution in [0.5, 0.6) is 0 Å². The number of nitrogens with zero attached hydrogens (tertiary/aromatic N) is 3. The van der Waals surface area contributed by atoms with Gasteiger partial charge in [0.15, 0.2) is 0 Å². The van der Waals surface area contributed by atoms with Crippen molar-refractivity contribution in [2.75, 3.05) is 13.7 Å². The van der Waals surface area contributed by atoms with Crippen molar-refractivity contribution in [3.8, 4) is 33.6 Å². The van der Waals surface area contributed by atoms with Crippen molar-refractivity contribution in [3.05, 3.63) is 72.6 Å². The fourth-order valence-electron chi connectivity index (χ4n) is 5.50. The Morgan fingerprint density at radius 2 is 1.44 bits per heavy atom. The molecule has 10 heteroatoms. The molecule has 2 unspecified atom stereocenters. The van der Waals surface area contributed by atoms with Crippen LogP contribution < -0.4 is 11.1 Å². The van der Waals surface area contributed by atoms with Crippen LogP contribution in [0.2, 0.25) is 0 Å². The van der Waals surface area contributed by atoms with Gasteiger partial charge in [-0.1, -0.05) is 76.2 Å². The van der Waals surface area contributed by atoms with Crippen LogP contribution in [0, 0.1) is 11.8 Å². The number of alkyl carbamates (subject to hydrolysis) is 1. The van der Waals surface area contributed by atoms with Crippen molar-refractivity contribution in [1.82, 2.24) is 30.2 Å². The number of carbonyl (C=O) groups excluding carboxylic acids is 2. The first-order chi connectivity index (χ1) is 20.7. The number of imidazole rings is 2. The number of amides is 2. The lowest BCUT2D eigenvalue weighted by Crippen LogP contribution is -2.51. The number of benzene rings is 2. The minimum atomic E-state index is -0.663. The minimum Gasteiger partial charge on any atom is -0.453 e. The van der Waals surface area contributed by atoms with Crippen LogP contribution >= 0.6 is 0 Å². The van der Waals surface area contributed by atoms with Crippen molar-refractivity contribution in [2.24, 2.45) is 17.6 Å². The van der Waals surface area contributed by atoms with Crippen LogP contribution in [0.1, 0.15) is 64.3 Å². The van der Waals surface area contributed by atoms with E-state index in [0.717, 1.165) is 58.1 Å². The quantitative estimate of drug-likeness (QED) is 0.195. The van der Waals surface area contributed by atoms with Crippen LogP contribution in [-0.4, -0.2) is 56.5 Å². The van der Waals surface area contributed by atoms with E-state index in [1.54, 1.807) is 0 Å². The molecule has 3 atom stereocenters. The SMILES string of the molecule is COC(=O)N[C@H](C(=O)N1CCCC1c1ncc(-c2ccc(-c3ccc(-c4cnc(C(N)C(C)C)[nH]4)cc3)cc2)[nH]1)C(C)C. The summed E-state index contributed by atoms with van der Waals surface area (Å²) < 4.78 is 4.74. The summed E-state index contributed by atoms with van der Waals surface area (Å²) in [6.45, 7) is 8.60. The van der Waals surface area contributed by atoms with E-state index in [4.69, 9.17) is 10.5 Å². The maximum absolute atomic E-state index is 13.4. The van der Waals surface area contributed by atoms with Gasteiger partial charge in [-0.15, -0.1) is 0 Å². The Bertz CT molecular complexity index is 1540. The van der Waals surface area contributed by atoms with Gasteiger partial charge in [-0.2, -0.15) is 0 Å². The fourth-order valence-corrected chi connectivity index (χ4v) is 5.50. The molecule has 1 saturated heterocycles. The molecular weight excluding hydrogens is 542 g/mol.